The monoisotopic (exact) mass is 394 g/mol. The Bertz CT molecular complexity index is 961. The van der Waals surface area contributed by atoms with Gasteiger partial charge < -0.3 is 9.47 Å². The predicted octanol–water partition coefficient (Wildman–Crippen LogP) is 5.05. The van der Waals surface area contributed by atoms with E-state index in [-0.39, 0.29) is 5.91 Å². The summed E-state index contributed by atoms with van der Waals surface area (Å²) in [6.45, 7) is 1.64. The van der Waals surface area contributed by atoms with E-state index in [1.54, 1.807) is 37.4 Å². The third kappa shape index (κ3) is 5.86. The van der Waals surface area contributed by atoms with Gasteiger partial charge in [0.25, 0.3) is 5.91 Å². The van der Waals surface area contributed by atoms with Gasteiger partial charge in [0, 0.05) is 5.02 Å². The van der Waals surface area contributed by atoms with Crippen LogP contribution in [0, 0.1) is 0 Å². The van der Waals surface area contributed by atoms with Crippen molar-refractivity contribution in [2.24, 2.45) is 5.10 Å². The molecule has 3 aromatic rings. The Kier molecular flexibility index (Phi) is 6.65. The molecule has 0 saturated carbocycles. The van der Waals surface area contributed by atoms with Crippen LogP contribution in [0.15, 0.2) is 84.0 Å². The van der Waals surface area contributed by atoms with Gasteiger partial charge in [-0.15, -0.1) is 0 Å². The van der Waals surface area contributed by atoms with Crippen LogP contribution < -0.4 is 14.9 Å². The van der Waals surface area contributed by atoms with Crippen molar-refractivity contribution in [2.45, 2.75) is 13.0 Å². The van der Waals surface area contributed by atoms with Crippen LogP contribution in [0.1, 0.15) is 12.5 Å². The maximum Gasteiger partial charge on any atom is 0.280 e. The summed E-state index contributed by atoms with van der Waals surface area (Å²) < 4.78 is 11.3. The van der Waals surface area contributed by atoms with E-state index in [1.807, 2.05) is 54.6 Å². The van der Waals surface area contributed by atoms with Gasteiger partial charge in [-0.1, -0.05) is 48.0 Å². The van der Waals surface area contributed by atoms with E-state index in [9.17, 15) is 4.79 Å². The van der Waals surface area contributed by atoms with Gasteiger partial charge in [-0.3, -0.25) is 4.79 Å². The van der Waals surface area contributed by atoms with Gasteiger partial charge in [-0.25, -0.2) is 5.43 Å². The van der Waals surface area contributed by atoms with Crippen molar-refractivity contribution in [1.29, 1.82) is 0 Å². The first kappa shape index (κ1) is 19.5. The van der Waals surface area contributed by atoms with Gasteiger partial charge in [-0.05, 0) is 55.0 Å². The van der Waals surface area contributed by atoms with Crippen molar-refractivity contribution >= 4 is 23.7 Å². The van der Waals surface area contributed by atoms with Gasteiger partial charge in [-0.2, -0.15) is 5.10 Å². The fraction of sp³-hybridized carbons (Fsp3) is 0.0909. The van der Waals surface area contributed by atoms with E-state index in [0.717, 1.165) is 11.3 Å². The summed E-state index contributed by atoms with van der Waals surface area (Å²) in [6, 6.07) is 23.8. The zero-order valence-electron chi connectivity index (χ0n) is 15.2. The van der Waals surface area contributed by atoms with Crippen LogP contribution >= 0.6 is 11.6 Å². The number of nitrogens with one attached hydrogen (secondary N) is 1. The molecule has 0 aliphatic carbocycles. The molecule has 0 heterocycles. The SMILES string of the molecule is CC(Oc1cccc(Cl)c1)C(=O)NN=Cc1cccc(Oc2ccccc2)c1. The summed E-state index contributed by atoms with van der Waals surface area (Å²) in [4.78, 5) is 12.1. The molecule has 0 spiro atoms. The molecule has 28 heavy (non-hydrogen) atoms. The Morgan fingerprint density at radius 1 is 0.964 bits per heavy atom. The van der Waals surface area contributed by atoms with Crippen LogP contribution in [0.25, 0.3) is 0 Å². The van der Waals surface area contributed by atoms with Crippen molar-refractivity contribution in [2.75, 3.05) is 0 Å². The molecule has 1 N–H and O–H groups in total. The Labute approximate surface area is 168 Å². The van der Waals surface area contributed by atoms with Crippen molar-refractivity contribution in [3.05, 3.63) is 89.4 Å². The third-order valence-electron chi connectivity index (χ3n) is 3.70. The number of nitrogens with zero attached hydrogens (tertiary/aromatic N) is 1. The molecule has 0 saturated heterocycles. The molecule has 0 fully saturated rings. The Balaban J connectivity index is 1.55. The van der Waals surface area contributed by atoms with E-state index in [0.29, 0.717) is 16.5 Å². The zero-order chi connectivity index (χ0) is 19.8. The number of rotatable bonds is 7. The number of ether oxygens (including phenoxy) is 2. The van der Waals surface area contributed by atoms with Crippen LogP contribution in [0.5, 0.6) is 17.2 Å². The van der Waals surface area contributed by atoms with E-state index < -0.39 is 6.10 Å². The van der Waals surface area contributed by atoms with E-state index in [2.05, 4.69) is 10.5 Å². The van der Waals surface area contributed by atoms with Gasteiger partial charge in [0.15, 0.2) is 6.10 Å². The summed E-state index contributed by atoms with van der Waals surface area (Å²) in [7, 11) is 0. The van der Waals surface area contributed by atoms with Crippen LogP contribution in [0.3, 0.4) is 0 Å². The minimum atomic E-state index is -0.719. The van der Waals surface area contributed by atoms with E-state index in [1.165, 1.54) is 0 Å². The van der Waals surface area contributed by atoms with Crippen LogP contribution in [-0.4, -0.2) is 18.2 Å². The number of benzene rings is 3. The molecule has 0 aliphatic heterocycles. The van der Waals surface area contributed by atoms with Crippen molar-refractivity contribution in [3.63, 3.8) is 0 Å². The second kappa shape index (κ2) is 9.58. The number of carbonyl (C=O) groups is 1. The summed E-state index contributed by atoms with van der Waals surface area (Å²) in [5.41, 5.74) is 3.26. The quantitative estimate of drug-likeness (QED) is 0.450. The first-order valence-corrected chi connectivity index (χ1v) is 9.06. The standard InChI is InChI=1S/C22H19ClN2O3/c1-16(27-21-12-6-8-18(23)14-21)22(26)25-24-15-17-7-5-11-20(13-17)28-19-9-3-2-4-10-19/h2-16H,1H3,(H,25,26). The fourth-order valence-corrected chi connectivity index (χ4v) is 2.52. The summed E-state index contributed by atoms with van der Waals surface area (Å²) in [6.07, 6.45) is 0.824. The molecule has 1 unspecified atom stereocenters. The second-order valence-corrected chi connectivity index (χ2v) is 6.38. The minimum absolute atomic E-state index is 0.368. The number of hydrogen-bond donors (Lipinski definition) is 1. The molecule has 0 aliphatic rings. The largest absolute Gasteiger partial charge is 0.481 e. The lowest BCUT2D eigenvalue weighted by molar-refractivity contribution is -0.127. The highest BCUT2D eigenvalue weighted by molar-refractivity contribution is 6.30. The summed E-state index contributed by atoms with van der Waals surface area (Å²) in [5, 5.41) is 4.53. The molecule has 3 rings (SSSR count). The molecule has 0 aromatic heterocycles. The number of para-hydroxylation sites is 1. The average Bonchev–Trinajstić information content (AvgIpc) is 2.69. The third-order valence-corrected chi connectivity index (χ3v) is 3.94. The van der Waals surface area contributed by atoms with Crippen LogP contribution in [-0.2, 0) is 4.79 Å². The Morgan fingerprint density at radius 2 is 1.68 bits per heavy atom. The van der Waals surface area contributed by atoms with Crippen LogP contribution in [0.2, 0.25) is 5.02 Å². The Hall–Kier alpha value is -3.31. The summed E-state index contributed by atoms with van der Waals surface area (Å²) in [5.74, 6) is 1.58. The molecule has 0 radical (unpaired) electrons. The number of carbonyl (C=O) groups excluding carboxylic acids is 1. The second-order valence-electron chi connectivity index (χ2n) is 5.94. The normalized spacial score (nSPS) is 11.8. The van der Waals surface area contributed by atoms with Gasteiger partial charge in [0.05, 0.1) is 6.21 Å². The van der Waals surface area contributed by atoms with Gasteiger partial charge in [0.1, 0.15) is 17.2 Å². The molecule has 0 bridgehead atoms. The van der Waals surface area contributed by atoms with Gasteiger partial charge >= 0.3 is 0 Å². The molecule has 1 atom stereocenters. The Morgan fingerprint density at radius 3 is 2.46 bits per heavy atom. The topological polar surface area (TPSA) is 59.9 Å². The smallest absolute Gasteiger partial charge is 0.280 e. The zero-order valence-corrected chi connectivity index (χ0v) is 16.0. The van der Waals surface area contributed by atoms with Crippen molar-refractivity contribution < 1.29 is 14.3 Å². The van der Waals surface area contributed by atoms with Gasteiger partial charge in [0.2, 0.25) is 0 Å². The number of hydrogen-bond acceptors (Lipinski definition) is 4. The van der Waals surface area contributed by atoms with E-state index in [4.69, 9.17) is 21.1 Å². The molecule has 1 amide bonds. The lowest BCUT2D eigenvalue weighted by atomic mass is 10.2. The van der Waals surface area contributed by atoms with Crippen molar-refractivity contribution in [3.8, 4) is 17.2 Å². The molecule has 6 heteroatoms. The average molecular weight is 395 g/mol. The summed E-state index contributed by atoms with van der Waals surface area (Å²) >= 11 is 5.91. The fourth-order valence-electron chi connectivity index (χ4n) is 2.34. The van der Waals surface area contributed by atoms with Crippen LogP contribution in [0.4, 0.5) is 0 Å². The molecular weight excluding hydrogens is 376 g/mol. The maximum absolute atomic E-state index is 12.1. The molecule has 142 valence electrons. The van der Waals surface area contributed by atoms with Crippen molar-refractivity contribution in [1.82, 2.24) is 5.43 Å². The molecular formula is C22H19ClN2O3. The molecule has 3 aromatic carbocycles. The molecule has 5 nitrogen and oxygen atoms in total. The first-order valence-electron chi connectivity index (χ1n) is 8.68. The highest BCUT2D eigenvalue weighted by Crippen LogP contribution is 2.21. The highest BCUT2D eigenvalue weighted by atomic mass is 35.5. The predicted molar refractivity (Wildman–Crippen MR) is 110 cm³/mol. The number of halogens is 1. The first-order chi connectivity index (χ1) is 13.6. The lowest BCUT2D eigenvalue weighted by Gasteiger charge is -2.12. The maximum atomic E-state index is 12.1. The minimum Gasteiger partial charge on any atom is -0.481 e. The number of hydrazone groups is 1. The lowest BCUT2D eigenvalue weighted by Crippen LogP contribution is -2.33. The van der Waals surface area contributed by atoms with E-state index >= 15 is 0 Å². The highest BCUT2D eigenvalue weighted by Gasteiger charge is 2.13. The number of amides is 1.